The predicted molar refractivity (Wildman–Crippen MR) is 44.4 cm³/mol. The summed E-state index contributed by atoms with van der Waals surface area (Å²) in [6.45, 7) is 5.00. The molecule has 0 radical (unpaired) electrons. The zero-order valence-electron chi connectivity index (χ0n) is 5.01. The van der Waals surface area contributed by atoms with E-state index in [1.54, 1.807) is 18.2 Å². The molecule has 50 valence electrons. The zero-order valence-corrected chi connectivity index (χ0v) is 6.52. The Balaban J connectivity index is 3.23. The molecule has 0 aliphatic heterocycles. The molecule has 0 atom stereocenters. The van der Waals surface area contributed by atoms with Gasteiger partial charge in [-0.05, 0) is 17.0 Å². The summed E-state index contributed by atoms with van der Waals surface area (Å²) < 4.78 is 0. The van der Waals surface area contributed by atoms with Crippen LogP contribution in [0.3, 0.4) is 0 Å². The van der Waals surface area contributed by atoms with Gasteiger partial charge in [0.2, 0.25) is 0 Å². The fourth-order valence-corrected chi connectivity index (χ4v) is 1.04. The summed E-state index contributed by atoms with van der Waals surface area (Å²) in [6.07, 6.45) is 0. The molecule has 0 saturated heterocycles. The summed E-state index contributed by atoms with van der Waals surface area (Å²) in [5.74, 6) is 0. The van der Waals surface area contributed by atoms with Crippen LogP contribution in [-0.2, 0) is 0 Å². The second-order valence-electron chi connectivity index (χ2n) is 1.72. The highest BCUT2D eigenvalue weighted by Crippen LogP contribution is 2.27. The highest BCUT2D eigenvalue weighted by atomic mass is 35.5. The van der Waals surface area contributed by atoms with E-state index >= 15 is 0 Å². The Hall–Kier alpha value is -0.710. The second-order valence-corrected chi connectivity index (χ2v) is 2.57. The summed E-state index contributed by atoms with van der Waals surface area (Å²) in [7, 11) is 0. The third-order valence-electron chi connectivity index (χ3n) is 1.05. The van der Waals surface area contributed by atoms with E-state index in [2.05, 4.69) is 4.85 Å². The minimum atomic E-state index is 0.468. The molecule has 1 aromatic rings. The van der Waals surface area contributed by atoms with Gasteiger partial charge in [0.05, 0.1) is 0 Å². The molecule has 10 heavy (non-hydrogen) atoms. The van der Waals surface area contributed by atoms with Crippen molar-refractivity contribution in [2.75, 3.05) is 0 Å². The van der Waals surface area contributed by atoms with Crippen LogP contribution in [0.2, 0.25) is 10.0 Å². The van der Waals surface area contributed by atoms with Crippen molar-refractivity contribution in [2.45, 2.75) is 0 Å². The molecule has 0 aromatic heterocycles. The van der Waals surface area contributed by atoms with Gasteiger partial charge in [-0.3, -0.25) is 0 Å². The quantitative estimate of drug-likeness (QED) is 0.564. The molecule has 0 amide bonds. The van der Waals surface area contributed by atoms with Crippen LogP contribution in [0.15, 0.2) is 18.2 Å². The van der Waals surface area contributed by atoms with E-state index in [0.29, 0.717) is 15.7 Å². The van der Waals surface area contributed by atoms with Crippen LogP contribution < -0.4 is 0 Å². The molecule has 0 unspecified atom stereocenters. The maximum atomic E-state index is 5.67. The lowest BCUT2D eigenvalue weighted by atomic mass is 10.3. The van der Waals surface area contributed by atoms with Crippen molar-refractivity contribution in [3.8, 4) is 6.57 Å². The van der Waals surface area contributed by atoms with Gasteiger partial charge in [0.25, 0.3) is 6.57 Å². The molecule has 0 spiro atoms. The van der Waals surface area contributed by atoms with Crippen molar-refractivity contribution in [1.29, 1.82) is 0 Å². The smallest absolute Gasteiger partial charge is 0.0843 e. The van der Waals surface area contributed by atoms with Gasteiger partial charge < -0.3 is 0 Å². The van der Waals surface area contributed by atoms with Gasteiger partial charge in [-0.1, -0.05) is 23.2 Å². The molecule has 0 bridgehead atoms. The van der Waals surface area contributed by atoms with Crippen LogP contribution in [0, 0.1) is 6.57 Å². The fourth-order valence-electron chi connectivity index (χ4n) is 0.586. The number of rotatable bonds is 0. The van der Waals surface area contributed by atoms with Gasteiger partial charge in [0.1, 0.15) is 5.02 Å². The molecule has 1 rings (SSSR count). The van der Waals surface area contributed by atoms with Gasteiger partial charge in [-0.15, -0.1) is 0 Å². The Bertz CT molecular complexity index is 288. The summed E-state index contributed by atoms with van der Waals surface area (Å²) in [5.41, 5.74) is 0.547. The SMILES string of the molecule is C#[N+]c1ccc(Cl)cc1Cl. The zero-order chi connectivity index (χ0) is 7.56. The van der Waals surface area contributed by atoms with Gasteiger partial charge in [-0.25, -0.2) is 0 Å². The minimum Gasteiger partial charge on any atom is -0.0843 e. The van der Waals surface area contributed by atoms with Gasteiger partial charge in [0.15, 0.2) is 0 Å². The Morgan fingerprint density at radius 3 is 2.50 bits per heavy atom. The van der Waals surface area contributed by atoms with Crippen molar-refractivity contribution in [3.63, 3.8) is 0 Å². The maximum Gasteiger partial charge on any atom is 0.358 e. The molecule has 0 aliphatic carbocycles. The third kappa shape index (κ3) is 1.41. The Morgan fingerprint density at radius 1 is 1.30 bits per heavy atom. The van der Waals surface area contributed by atoms with E-state index in [1.807, 2.05) is 0 Å². The number of hydrogen-bond donors (Lipinski definition) is 0. The van der Waals surface area contributed by atoms with E-state index in [1.165, 1.54) is 0 Å². The molecule has 0 aliphatic rings. The highest BCUT2D eigenvalue weighted by Gasteiger charge is 2.06. The molecule has 1 nitrogen and oxygen atoms in total. The van der Waals surface area contributed by atoms with Crippen LogP contribution in [-0.4, -0.2) is 0 Å². The van der Waals surface area contributed by atoms with Crippen molar-refractivity contribution in [3.05, 3.63) is 33.1 Å². The standard InChI is InChI=1S/C7H4Cl2N/c1-10-7-3-2-5(8)4-6(7)9/h1-4H/q+1. The number of benzene rings is 1. The number of hydrogen-bond acceptors (Lipinski definition) is 0. The van der Waals surface area contributed by atoms with Crippen LogP contribution in [0.25, 0.3) is 4.85 Å². The second kappa shape index (κ2) is 2.92. The van der Waals surface area contributed by atoms with Crippen molar-refractivity contribution in [1.82, 2.24) is 0 Å². The topological polar surface area (TPSA) is 4.36 Å². The predicted octanol–water partition coefficient (Wildman–Crippen LogP) is 3.59. The lowest BCUT2D eigenvalue weighted by Gasteiger charge is -1.86. The summed E-state index contributed by atoms with van der Waals surface area (Å²) in [6, 6.07) is 4.93. The molecular formula is C7H4Cl2N+. The van der Waals surface area contributed by atoms with Crippen molar-refractivity contribution < 1.29 is 0 Å². The van der Waals surface area contributed by atoms with Crippen LogP contribution in [0.5, 0.6) is 0 Å². The fraction of sp³-hybridized carbons (Fsp3) is 0. The third-order valence-corrected chi connectivity index (χ3v) is 1.59. The van der Waals surface area contributed by atoms with Crippen molar-refractivity contribution in [2.24, 2.45) is 0 Å². The van der Waals surface area contributed by atoms with Gasteiger partial charge in [0, 0.05) is 11.1 Å². The summed E-state index contributed by atoms with van der Waals surface area (Å²) in [5, 5.41) is 1.05. The van der Waals surface area contributed by atoms with E-state index in [9.17, 15) is 0 Å². The van der Waals surface area contributed by atoms with E-state index in [4.69, 9.17) is 29.8 Å². The highest BCUT2D eigenvalue weighted by molar-refractivity contribution is 6.36. The van der Waals surface area contributed by atoms with Crippen LogP contribution in [0.1, 0.15) is 0 Å². The summed E-state index contributed by atoms with van der Waals surface area (Å²) >= 11 is 11.3. The molecule has 0 fully saturated rings. The Labute approximate surface area is 69.0 Å². The first-order valence-corrected chi connectivity index (χ1v) is 3.35. The number of halogens is 2. The van der Waals surface area contributed by atoms with E-state index < -0.39 is 0 Å². The first-order chi connectivity index (χ1) is 4.74. The van der Waals surface area contributed by atoms with Crippen LogP contribution in [0.4, 0.5) is 5.69 Å². The maximum absolute atomic E-state index is 5.67. The molecule has 0 heterocycles. The van der Waals surface area contributed by atoms with Crippen molar-refractivity contribution >= 4 is 28.9 Å². The van der Waals surface area contributed by atoms with E-state index in [-0.39, 0.29) is 0 Å². The molecule has 3 heteroatoms. The van der Waals surface area contributed by atoms with Gasteiger partial charge in [-0.2, -0.15) is 0 Å². The first-order valence-electron chi connectivity index (χ1n) is 2.60. The Morgan fingerprint density at radius 2 is 2.00 bits per heavy atom. The summed E-state index contributed by atoms with van der Waals surface area (Å²) in [4.78, 5) is 3.42. The molecule has 1 aromatic carbocycles. The largest absolute Gasteiger partial charge is 0.358 e. The molecule has 0 N–H and O–H groups in total. The molecular weight excluding hydrogens is 169 g/mol. The first kappa shape index (κ1) is 7.40. The van der Waals surface area contributed by atoms with Gasteiger partial charge >= 0.3 is 5.69 Å². The minimum absolute atomic E-state index is 0.468. The van der Waals surface area contributed by atoms with E-state index in [0.717, 1.165) is 0 Å². The number of nitrogens with zero attached hydrogens (tertiary/aromatic N) is 1. The Kier molecular flexibility index (Phi) is 2.16. The lowest BCUT2D eigenvalue weighted by molar-refractivity contribution is 1.72. The lowest BCUT2D eigenvalue weighted by Crippen LogP contribution is -1.65. The average molecular weight is 173 g/mol. The average Bonchev–Trinajstić information content (AvgIpc) is 1.88. The normalized spacial score (nSPS) is 8.90. The molecule has 0 saturated carbocycles. The monoisotopic (exact) mass is 172 g/mol. The van der Waals surface area contributed by atoms with Crippen LogP contribution >= 0.6 is 23.2 Å².